The van der Waals surface area contributed by atoms with E-state index >= 15 is 0 Å². The molecule has 0 spiro atoms. The second kappa shape index (κ2) is 10.1. The van der Waals surface area contributed by atoms with Gasteiger partial charge in [-0.1, -0.05) is 43.2 Å². The Morgan fingerprint density at radius 1 is 1.07 bits per heavy atom. The summed E-state index contributed by atoms with van der Waals surface area (Å²) >= 11 is 0. The molecular formula is C24H36N6. The van der Waals surface area contributed by atoms with Gasteiger partial charge in [0.25, 0.3) is 0 Å². The van der Waals surface area contributed by atoms with Gasteiger partial charge in [-0.05, 0) is 44.6 Å². The average molecular weight is 409 g/mol. The number of rotatable bonds is 8. The van der Waals surface area contributed by atoms with Crippen molar-refractivity contribution in [3.05, 3.63) is 47.5 Å². The number of aryl methyl sites for hydroxylation is 2. The molecule has 1 aliphatic carbocycles. The van der Waals surface area contributed by atoms with Crippen LogP contribution < -0.4 is 10.6 Å². The predicted octanol–water partition coefficient (Wildman–Crippen LogP) is 3.61. The van der Waals surface area contributed by atoms with Crippen molar-refractivity contribution < 1.29 is 0 Å². The van der Waals surface area contributed by atoms with Crippen molar-refractivity contribution in [1.29, 1.82) is 0 Å². The summed E-state index contributed by atoms with van der Waals surface area (Å²) in [5, 5.41) is 15.8. The van der Waals surface area contributed by atoms with Gasteiger partial charge in [0.2, 0.25) is 0 Å². The van der Waals surface area contributed by atoms with E-state index in [1.807, 2.05) is 0 Å². The summed E-state index contributed by atoms with van der Waals surface area (Å²) in [5.74, 6) is 3.25. The molecule has 0 atom stereocenters. The summed E-state index contributed by atoms with van der Waals surface area (Å²) in [6.07, 6.45) is 10.6. The van der Waals surface area contributed by atoms with Crippen molar-refractivity contribution in [3.63, 3.8) is 0 Å². The molecule has 6 nitrogen and oxygen atoms in total. The Bertz CT molecular complexity index is 821. The first-order chi connectivity index (χ1) is 14.8. The molecule has 0 bridgehead atoms. The number of nitrogens with zero attached hydrogens (tertiary/aromatic N) is 4. The van der Waals surface area contributed by atoms with Crippen molar-refractivity contribution in [1.82, 2.24) is 25.4 Å². The maximum absolute atomic E-state index is 4.96. The smallest absolute Gasteiger partial charge is 0.191 e. The molecule has 2 heterocycles. The molecule has 4 rings (SSSR count). The lowest BCUT2D eigenvalue weighted by atomic mass is 9.64. The van der Waals surface area contributed by atoms with Gasteiger partial charge in [0, 0.05) is 37.9 Å². The fourth-order valence-electron chi connectivity index (χ4n) is 4.69. The third-order valence-corrected chi connectivity index (χ3v) is 6.64. The first kappa shape index (κ1) is 20.9. The SMILES string of the molecule is CCNC(=NCC1(c2ccccc2)CCC1)NCCCc1nnc2n1CCCCC2. The Morgan fingerprint density at radius 3 is 2.70 bits per heavy atom. The zero-order chi connectivity index (χ0) is 20.7. The van der Waals surface area contributed by atoms with E-state index in [0.717, 1.165) is 57.2 Å². The summed E-state index contributed by atoms with van der Waals surface area (Å²) < 4.78 is 2.35. The lowest BCUT2D eigenvalue weighted by molar-refractivity contribution is 0.253. The van der Waals surface area contributed by atoms with E-state index in [0.29, 0.717) is 0 Å². The summed E-state index contributed by atoms with van der Waals surface area (Å²) in [6, 6.07) is 10.9. The summed E-state index contributed by atoms with van der Waals surface area (Å²) in [5.41, 5.74) is 1.66. The van der Waals surface area contributed by atoms with Crippen molar-refractivity contribution in [3.8, 4) is 0 Å². The predicted molar refractivity (Wildman–Crippen MR) is 122 cm³/mol. The summed E-state index contributed by atoms with van der Waals surface area (Å²) in [4.78, 5) is 4.96. The molecule has 0 radical (unpaired) electrons. The quantitative estimate of drug-likeness (QED) is 0.398. The molecular weight excluding hydrogens is 372 g/mol. The molecule has 1 aromatic carbocycles. The second-order valence-corrected chi connectivity index (χ2v) is 8.72. The van der Waals surface area contributed by atoms with E-state index in [-0.39, 0.29) is 5.41 Å². The maximum atomic E-state index is 4.96. The van der Waals surface area contributed by atoms with Gasteiger partial charge in [0.05, 0.1) is 6.54 Å². The molecule has 2 aliphatic rings. The Hall–Kier alpha value is -2.37. The molecule has 0 unspecified atom stereocenters. The highest BCUT2D eigenvalue weighted by molar-refractivity contribution is 5.79. The zero-order valence-corrected chi connectivity index (χ0v) is 18.4. The van der Waals surface area contributed by atoms with Gasteiger partial charge in [-0.15, -0.1) is 10.2 Å². The summed E-state index contributed by atoms with van der Waals surface area (Å²) in [7, 11) is 0. The highest BCUT2D eigenvalue weighted by Gasteiger charge is 2.38. The van der Waals surface area contributed by atoms with Crippen LogP contribution in [0.4, 0.5) is 0 Å². The molecule has 6 heteroatoms. The zero-order valence-electron chi connectivity index (χ0n) is 18.4. The normalized spacial score (nSPS) is 18.2. The molecule has 1 saturated carbocycles. The van der Waals surface area contributed by atoms with E-state index in [1.54, 1.807) is 0 Å². The van der Waals surface area contributed by atoms with Crippen molar-refractivity contribution in [2.75, 3.05) is 19.6 Å². The van der Waals surface area contributed by atoms with E-state index in [9.17, 15) is 0 Å². The summed E-state index contributed by atoms with van der Waals surface area (Å²) in [6.45, 7) is 5.83. The average Bonchev–Trinajstić information content (AvgIpc) is 2.97. The molecule has 0 saturated heterocycles. The van der Waals surface area contributed by atoms with Crippen LogP contribution in [0, 0.1) is 0 Å². The van der Waals surface area contributed by atoms with Crippen molar-refractivity contribution >= 4 is 5.96 Å². The largest absolute Gasteiger partial charge is 0.357 e. The topological polar surface area (TPSA) is 67.1 Å². The molecule has 2 N–H and O–H groups in total. The Morgan fingerprint density at radius 2 is 1.93 bits per heavy atom. The van der Waals surface area contributed by atoms with Crippen LogP contribution in [-0.2, 0) is 24.8 Å². The number of hydrogen-bond donors (Lipinski definition) is 2. The molecule has 1 aliphatic heterocycles. The van der Waals surface area contributed by atoms with Crippen LogP contribution in [0.1, 0.15) is 69.1 Å². The highest BCUT2D eigenvalue weighted by Crippen LogP contribution is 2.43. The number of nitrogens with one attached hydrogen (secondary N) is 2. The van der Waals surface area contributed by atoms with Gasteiger partial charge in [-0.25, -0.2) is 0 Å². The lowest BCUT2D eigenvalue weighted by Crippen LogP contribution is -2.42. The van der Waals surface area contributed by atoms with E-state index < -0.39 is 0 Å². The molecule has 0 amide bonds. The maximum Gasteiger partial charge on any atom is 0.191 e. The van der Waals surface area contributed by atoms with Crippen LogP contribution >= 0.6 is 0 Å². The van der Waals surface area contributed by atoms with Gasteiger partial charge in [-0.2, -0.15) is 0 Å². The minimum Gasteiger partial charge on any atom is -0.357 e. The van der Waals surface area contributed by atoms with Crippen molar-refractivity contribution in [2.24, 2.45) is 4.99 Å². The highest BCUT2D eigenvalue weighted by atomic mass is 15.3. The second-order valence-electron chi connectivity index (χ2n) is 8.72. The Kier molecular flexibility index (Phi) is 7.03. The first-order valence-corrected chi connectivity index (χ1v) is 11.8. The standard InChI is InChI=1S/C24H36N6/c1-2-25-23(27-19-24(15-10-16-24)20-11-5-3-6-12-20)26-17-9-14-22-29-28-21-13-7-4-8-18-30(21)22/h3,5-6,11-12H,2,4,7-10,13-19H2,1H3,(H2,25,26,27). The van der Waals surface area contributed by atoms with Gasteiger partial charge in [0.1, 0.15) is 11.6 Å². The fraction of sp³-hybridized carbons (Fsp3) is 0.625. The number of fused-ring (bicyclic) bond motifs is 1. The number of hydrogen-bond acceptors (Lipinski definition) is 3. The minimum atomic E-state index is 0.225. The Labute approximate surface area is 180 Å². The van der Waals surface area contributed by atoms with E-state index in [2.05, 4.69) is 62.7 Å². The van der Waals surface area contributed by atoms with E-state index in [4.69, 9.17) is 4.99 Å². The Balaban J connectivity index is 1.30. The number of aliphatic imine (C=N–C) groups is 1. The van der Waals surface area contributed by atoms with Crippen LogP contribution in [0.2, 0.25) is 0 Å². The van der Waals surface area contributed by atoms with Crippen LogP contribution in [0.25, 0.3) is 0 Å². The third kappa shape index (κ3) is 4.85. The number of aromatic nitrogens is 3. The van der Waals surface area contributed by atoms with Crippen LogP contribution in [0.15, 0.2) is 35.3 Å². The van der Waals surface area contributed by atoms with Crippen LogP contribution in [-0.4, -0.2) is 40.4 Å². The van der Waals surface area contributed by atoms with Crippen LogP contribution in [0.5, 0.6) is 0 Å². The van der Waals surface area contributed by atoms with Gasteiger partial charge in [0.15, 0.2) is 5.96 Å². The molecule has 2 aromatic rings. The molecule has 30 heavy (non-hydrogen) atoms. The fourth-order valence-corrected chi connectivity index (χ4v) is 4.69. The van der Waals surface area contributed by atoms with Gasteiger partial charge >= 0.3 is 0 Å². The lowest BCUT2D eigenvalue weighted by Gasteiger charge is -2.41. The van der Waals surface area contributed by atoms with Crippen molar-refractivity contribution in [2.45, 2.75) is 76.7 Å². The third-order valence-electron chi connectivity index (χ3n) is 6.64. The van der Waals surface area contributed by atoms with E-state index in [1.165, 1.54) is 49.9 Å². The van der Waals surface area contributed by atoms with Crippen LogP contribution in [0.3, 0.4) is 0 Å². The minimum absolute atomic E-state index is 0.225. The molecule has 1 aromatic heterocycles. The number of guanidine groups is 1. The first-order valence-electron chi connectivity index (χ1n) is 11.8. The monoisotopic (exact) mass is 408 g/mol. The van der Waals surface area contributed by atoms with Gasteiger partial charge < -0.3 is 15.2 Å². The number of benzene rings is 1. The molecule has 162 valence electrons. The molecule has 1 fully saturated rings. The van der Waals surface area contributed by atoms with Gasteiger partial charge in [-0.3, -0.25) is 4.99 Å².